The predicted molar refractivity (Wildman–Crippen MR) is 122 cm³/mol. The van der Waals surface area contributed by atoms with Gasteiger partial charge >= 0.3 is 0 Å². The van der Waals surface area contributed by atoms with Crippen molar-refractivity contribution in [2.45, 2.75) is 33.2 Å². The van der Waals surface area contributed by atoms with Crippen molar-refractivity contribution in [3.8, 4) is 0 Å². The number of fused-ring (bicyclic) bond motifs is 2. The Kier molecular flexibility index (Phi) is 4.85. The predicted octanol–water partition coefficient (Wildman–Crippen LogP) is 3.88. The van der Waals surface area contributed by atoms with Gasteiger partial charge in [-0.15, -0.1) is 0 Å². The van der Waals surface area contributed by atoms with Gasteiger partial charge in [-0.2, -0.15) is 0 Å². The summed E-state index contributed by atoms with van der Waals surface area (Å²) in [4.78, 5) is 33.6. The van der Waals surface area contributed by atoms with Crippen LogP contribution < -0.4 is 5.56 Å². The molecule has 1 atom stereocenters. The summed E-state index contributed by atoms with van der Waals surface area (Å²) in [5.74, 6) is 0.462. The molecule has 5 rings (SSSR count). The maximum Gasteiger partial charge on any atom is 0.270 e. The molecule has 158 valence electrons. The van der Waals surface area contributed by atoms with Gasteiger partial charge in [0.2, 0.25) is 0 Å². The molecule has 1 aliphatic rings. The molecule has 0 aliphatic carbocycles. The molecule has 6 heteroatoms. The van der Waals surface area contributed by atoms with E-state index in [0.717, 1.165) is 37.1 Å². The van der Waals surface area contributed by atoms with Gasteiger partial charge in [0.1, 0.15) is 17.0 Å². The third-order valence-corrected chi connectivity index (χ3v) is 6.16. The van der Waals surface area contributed by atoms with Crippen LogP contribution in [-0.2, 0) is 6.54 Å². The van der Waals surface area contributed by atoms with Crippen molar-refractivity contribution < 1.29 is 4.79 Å². The van der Waals surface area contributed by atoms with Gasteiger partial charge in [-0.05, 0) is 48.9 Å². The van der Waals surface area contributed by atoms with E-state index >= 15 is 0 Å². The van der Waals surface area contributed by atoms with Gasteiger partial charge in [-0.25, -0.2) is 4.98 Å². The van der Waals surface area contributed by atoms with E-state index in [4.69, 9.17) is 4.98 Å². The van der Waals surface area contributed by atoms with E-state index in [1.165, 1.54) is 0 Å². The van der Waals surface area contributed by atoms with Gasteiger partial charge in [-0.1, -0.05) is 43.3 Å². The normalized spacial score (nSPS) is 16.8. The van der Waals surface area contributed by atoms with Crippen LogP contribution in [0.3, 0.4) is 0 Å². The number of aryl methyl sites for hydroxylation is 1. The number of hydrogen-bond donors (Lipinski definition) is 0. The zero-order valence-corrected chi connectivity index (χ0v) is 17.9. The summed E-state index contributed by atoms with van der Waals surface area (Å²) in [6.07, 6.45) is 3.95. The number of carbonyl (C=O) groups excluding carboxylic acids is 1. The van der Waals surface area contributed by atoms with Gasteiger partial charge in [0.15, 0.2) is 0 Å². The van der Waals surface area contributed by atoms with Crippen molar-refractivity contribution in [1.29, 1.82) is 0 Å². The highest BCUT2D eigenvalue weighted by molar-refractivity contribution is 5.98. The van der Waals surface area contributed by atoms with Crippen LogP contribution >= 0.6 is 0 Å². The Labute approximate surface area is 180 Å². The smallest absolute Gasteiger partial charge is 0.270 e. The molecule has 1 aromatic carbocycles. The third-order valence-electron chi connectivity index (χ3n) is 6.16. The standard InChI is InChI=1S/C25H26N4O2/c1-17-7-6-12-27(14-17)25(31)21-13-20-23(28(21)16-19-8-4-3-5-9-19)26-22-11-10-18(2)15-29(22)24(20)30/h3-5,8-11,13,15,17H,6-7,12,14,16H2,1-2H3/t17-/m1/s1. The van der Waals surface area contributed by atoms with E-state index < -0.39 is 0 Å². The lowest BCUT2D eigenvalue weighted by Gasteiger charge is -2.31. The van der Waals surface area contributed by atoms with E-state index in [0.29, 0.717) is 34.8 Å². The molecule has 1 saturated heterocycles. The highest BCUT2D eigenvalue weighted by Crippen LogP contribution is 2.23. The molecule has 1 amide bonds. The molecule has 0 radical (unpaired) electrons. The molecule has 0 bridgehead atoms. The van der Waals surface area contributed by atoms with Crippen LogP contribution in [0.4, 0.5) is 0 Å². The van der Waals surface area contributed by atoms with Gasteiger partial charge in [0.25, 0.3) is 11.5 Å². The van der Waals surface area contributed by atoms with Crippen molar-refractivity contribution in [2.24, 2.45) is 5.92 Å². The molecule has 4 aromatic rings. The van der Waals surface area contributed by atoms with Crippen LogP contribution in [0.1, 0.15) is 41.4 Å². The van der Waals surface area contributed by atoms with Gasteiger partial charge < -0.3 is 9.47 Å². The molecule has 0 spiro atoms. The van der Waals surface area contributed by atoms with Gasteiger partial charge in [0, 0.05) is 25.8 Å². The number of carbonyl (C=O) groups is 1. The summed E-state index contributed by atoms with van der Waals surface area (Å²) in [5.41, 5.74) is 3.58. The van der Waals surface area contributed by atoms with Crippen LogP contribution in [-0.4, -0.2) is 37.8 Å². The number of piperidine rings is 1. The first kappa shape index (κ1) is 19.5. The molecule has 0 unspecified atom stereocenters. The van der Waals surface area contributed by atoms with Crippen molar-refractivity contribution in [3.05, 3.63) is 81.9 Å². The summed E-state index contributed by atoms with van der Waals surface area (Å²) < 4.78 is 3.48. The fraction of sp³-hybridized carbons (Fsp3) is 0.320. The minimum Gasteiger partial charge on any atom is -0.337 e. The summed E-state index contributed by atoms with van der Waals surface area (Å²) >= 11 is 0. The number of benzene rings is 1. The Hall–Kier alpha value is -3.41. The zero-order valence-electron chi connectivity index (χ0n) is 17.9. The number of hydrogen-bond acceptors (Lipinski definition) is 3. The SMILES string of the molecule is Cc1ccc2nc3c(cc(C(=O)N4CCC[C@@H](C)C4)n3Cc3ccccc3)c(=O)n2c1. The fourth-order valence-electron chi connectivity index (χ4n) is 4.55. The lowest BCUT2D eigenvalue weighted by Crippen LogP contribution is -2.40. The second kappa shape index (κ2) is 7.69. The maximum atomic E-state index is 13.6. The molecule has 0 saturated carbocycles. The van der Waals surface area contributed by atoms with E-state index in [9.17, 15) is 9.59 Å². The lowest BCUT2D eigenvalue weighted by molar-refractivity contribution is 0.0673. The number of rotatable bonds is 3. The maximum absolute atomic E-state index is 13.6. The Morgan fingerprint density at radius 1 is 1.16 bits per heavy atom. The molecule has 6 nitrogen and oxygen atoms in total. The van der Waals surface area contributed by atoms with Crippen molar-refractivity contribution in [1.82, 2.24) is 18.9 Å². The van der Waals surface area contributed by atoms with Crippen LogP contribution in [0.25, 0.3) is 16.7 Å². The van der Waals surface area contributed by atoms with E-state index in [-0.39, 0.29) is 11.5 Å². The quantitative estimate of drug-likeness (QED) is 0.511. The van der Waals surface area contributed by atoms with Crippen LogP contribution in [0, 0.1) is 12.8 Å². The van der Waals surface area contributed by atoms with Crippen molar-refractivity contribution in [2.75, 3.05) is 13.1 Å². The fourth-order valence-corrected chi connectivity index (χ4v) is 4.55. The minimum atomic E-state index is -0.142. The third kappa shape index (κ3) is 3.52. The van der Waals surface area contributed by atoms with E-state index in [1.807, 2.05) is 58.9 Å². The van der Waals surface area contributed by atoms with E-state index in [1.54, 1.807) is 16.7 Å². The van der Waals surface area contributed by atoms with Crippen LogP contribution in [0.5, 0.6) is 0 Å². The molecular weight excluding hydrogens is 388 g/mol. The molecule has 1 aliphatic heterocycles. The molecule has 0 N–H and O–H groups in total. The first-order valence-corrected chi connectivity index (χ1v) is 10.9. The first-order chi connectivity index (χ1) is 15.0. The number of pyridine rings is 1. The Morgan fingerprint density at radius 2 is 1.97 bits per heavy atom. The Morgan fingerprint density at radius 3 is 2.74 bits per heavy atom. The van der Waals surface area contributed by atoms with E-state index in [2.05, 4.69) is 6.92 Å². The number of likely N-dealkylation sites (tertiary alicyclic amines) is 1. The van der Waals surface area contributed by atoms with Crippen molar-refractivity contribution in [3.63, 3.8) is 0 Å². The lowest BCUT2D eigenvalue weighted by atomic mass is 10.00. The summed E-state index contributed by atoms with van der Waals surface area (Å²) in [6, 6.07) is 15.5. The zero-order chi connectivity index (χ0) is 21.5. The Bertz CT molecular complexity index is 1340. The largest absolute Gasteiger partial charge is 0.337 e. The second-order valence-electron chi connectivity index (χ2n) is 8.69. The minimum absolute atomic E-state index is 0.0230. The molecule has 4 heterocycles. The molecular formula is C25H26N4O2. The summed E-state index contributed by atoms with van der Waals surface area (Å²) in [5, 5.41) is 0.479. The van der Waals surface area contributed by atoms with Crippen LogP contribution in [0.15, 0.2) is 59.5 Å². The van der Waals surface area contributed by atoms with Gasteiger partial charge in [0.05, 0.1) is 5.39 Å². The topological polar surface area (TPSA) is 59.6 Å². The monoisotopic (exact) mass is 414 g/mol. The number of nitrogens with zero attached hydrogens (tertiary/aromatic N) is 4. The van der Waals surface area contributed by atoms with Crippen LogP contribution in [0.2, 0.25) is 0 Å². The average Bonchev–Trinajstić information content (AvgIpc) is 3.13. The average molecular weight is 415 g/mol. The number of amides is 1. The summed E-state index contributed by atoms with van der Waals surface area (Å²) in [6.45, 7) is 6.12. The first-order valence-electron chi connectivity index (χ1n) is 10.9. The highest BCUT2D eigenvalue weighted by Gasteiger charge is 2.27. The molecule has 1 fully saturated rings. The second-order valence-corrected chi connectivity index (χ2v) is 8.69. The summed E-state index contributed by atoms with van der Waals surface area (Å²) in [7, 11) is 0. The van der Waals surface area contributed by atoms with Crippen molar-refractivity contribution >= 4 is 22.6 Å². The molecule has 3 aromatic heterocycles. The Balaban J connectivity index is 1.71. The molecule has 31 heavy (non-hydrogen) atoms. The highest BCUT2D eigenvalue weighted by atomic mass is 16.2. The number of aromatic nitrogens is 3. The van der Waals surface area contributed by atoms with Gasteiger partial charge in [-0.3, -0.25) is 14.0 Å².